The quantitative estimate of drug-likeness (QED) is 0.729. The largest absolute Gasteiger partial charge is 0.492 e. The van der Waals surface area contributed by atoms with Gasteiger partial charge in [0, 0.05) is 19.8 Å². The lowest BCUT2D eigenvalue weighted by Crippen LogP contribution is -2.23. The van der Waals surface area contributed by atoms with Crippen LogP contribution in [0.3, 0.4) is 0 Å². The van der Waals surface area contributed by atoms with Gasteiger partial charge in [0.15, 0.2) is 0 Å². The zero-order chi connectivity index (χ0) is 21.8. The minimum Gasteiger partial charge on any atom is -0.492 e. The number of halogens is 3. The molecule has 0 atom stereocenters. The molecule has 0 aromatic heterocycles. The van der Waals surface area contributed by atoms with Crippen LogP contribution in [-0.2, 0) is 27.4 Å². The van der Waals surface area contributed by atoms with E-state index in [4.69, 9.17) is 4.74 Å². The Hall–Kier alpha value is -2.59. The van der Waals surface area contributed by atoms with Crippen molar-refractivity contribution in [2.24, 2.45) is 0 Å². The van der Waals surface area contributed by atoms with Crippen LogP contribution in [0.2, 0.25) is 0 Å². The summed E-state index contributed by atoms with van der Waals surface area (Å²) in [6, 6.07) is 8.47. The maximum absolute atomic E-state index is 12.6. The lowest BCUT2D eigenvalue weighted by molar-refractivity contribution is -0.137. The molecule has 1 amide bonds. The molecule has 0 radical (unpaired) electrons. The van der Waals surface area contributed by atoms with E-state index < -0.39 is 27.7 Å². The van der Waals surface area contributed by atoms with Crippen LogP contribution >= 0.6 is 0 Å². The van der Waals surface area contributed by atoms with Gasteiger partial charge in [-0.25, -0.2) is 12.7 Å². The van der Waals surface area contributed by atoms with Crippen molar-refractivity contribution >= 4 is 21.6 Å². The van der Waals surface area contributed by atoms with Gasteiger partial charge < -0.3 is 10.1 Å². The van der Waals surface area contributed by atoms with E-state index >= 15 is 0 Å². The molecule has 0 aliphatic heterocycles. The summed E-state index contributed by atoms with van der Waals surface area (Å²) >= 11 is 0. The predicted octanol–water partition coefficient (Wildman–Crippen LogP) is 3.54. The van der Waals surface area contributed by atoms with E-state index in [2.05, 4.69) is 5.32 Å². The molecule has 1 N–H and O–H groups in total. The van der Waals surface area contributed by atoms with Crippen LogP contribution in [0, 0.1) is 0 Å². The van der Waals surface area contributed by atoms with Gasteiger partial charge in [-0.3, -0.25) is 4.79 Å². The maximum atomic E-state index is 12.6. The first-order valence-corrected chi connectivity index (χ1v) is 10.0. The van der Waals surface area contributed by atoms with Crippen molar-refractivity contribution in [3.05, 3.63) is 53.6 Å². The Kier molecular flexibility index (Phi) is 6.91. The Bertz CT molecular complexity index is 972. The third-order valence-corrected chi connectivity index (χ3v) is 5.77. The van der Waals surface area contributed by atoms with E-state index in [1.807, 2.05) is 0 Å². The van der Waals surface area contributed by atoms with E-state index in [0.29, 0.717) is 5.56 Å². The molecule has 2 aromatic rings. The monoisotopic (exact) mass is 430 g/mol. The number of alkyl halides is 3. The molecular weight excluding hydrogens is 409 g/mol. The highest BCUT2D eigenvalue weighted by Gasteiger charge is 2.30. The molecule has 10 heteroatoms. The molecule has 29 heavy (non-hydrogen) atoms. The van der Waals surface area contributed by atoms with E-state index in [-0.39, 0.29) is 29.4 Å². The highest BCUT2D eigenvalue weighted by atomic mass is 32.2. The summed E-state index contributed by atoms with van der Waals surface area (Å²) in [5.74, 6) is -0.343. The van der Waals surface area contributed by atoms with Crippen molar-refractivity contribution in [3.8, 4) is 5.75 Å². The van der Waals surface area contributed by atoms with Crippen molar-refractivity contribution in [1.82, 2.24) is 4.31 Å². The minimum absolute atomic E-state index is 0.100. The van der Waals surface area contributed by atoms with Crippen molar-refractivity contribution in [1.29, 1.82) is 0 Å². The molecule has 0 saturated carbocycles. The third kappa shape index (κ3) is 5.70. The normalized spacial score (nSPS) is 12.1. The predicted molar refractivity (Wildman–Crippen MR) is 102 cm³/mol. The summed E-state index contributed by atoms with van der Waals surface area (Å²) in [6.07, 6.45) is -4.61. The Labute approximate surface area is 167 Å². The van der Waals surface area contributed by atoms with E-state index in [0.717, 1.165) is 16.4 Å². The van der Waals surface area contributed by atoms with Gasteiger partial charge in [-0.1, -0.05) is 12.1 Å². The van der Waals surface area contributed by atoms with Crippen molar-refractivity contribution in [3.63, 3.8) is 0 Å². The molecular formula is C19H21F3N2O4S. The fraction of sp³-hybridized carbons (Fsp3) is 0.316. The number of ether oxygens (including phenoxy) is 1. The molecule has 0 unspecified atom stereocenters. The van der Waals surface area contributed by atoms with E-state index in [9.17, 15) is 26.4 Å². The zero-order valence-electron chi connectivity index (χ0n) is 16.1. The molecule has 0 aliphatic rings. The van der Waals surface area contributed by atoms with Gasteiger partial charge in [0.25, 0.3) is 0 Å². The SMILES string of the molecule is CCOc1ccc(NC(=O)Cc2ccc(C(F)(F)F)cc2)cc1S(=O)(=O)N(C)C. The Balaban J connectivity index is 2.20. The van der Waals surface area contributed by atoms with Crippen molar-refractivity contribution in [2.45, 2.75) is 24.4 Å². The van der Waals surface area contributed by atoms with Crippen LogP contribution in [0.1, 0.15) is 18.1 Å². The van der Waals surface area contributed by atoms with Gasteiger partial charge >= 0.3 is 6.18 Å². The van der Waals surface area contributed by atoms with E-state index in [1.54, 1.807) is 6.92 Å². The number of nitrogens with zero attached hydrogens (tertiary/aromatic N) is 1. The van der Waals surface area contributed by atoms with Crippen molar-refractivity contribution in [2.75, 3.05) is 26.0 Å². The van der Waals surface area contributed by atoms with Crippen LogP contribution in [0.4, 0.5) is 18.9 Å². The van der Waals surface area contributed by atoms with E-state index in [1.165, 1.54) is 44.4 Å². The fourth-order valence-electron chi connectivity index (χ4n) is 2.46. The highest BCUT2D eigenvalue weighted by Crippen LogP contribution is 2.30. The zero-order valence-corrected chi connectivity index (χ0v) is 16.9. The van der Waals surface area contributed by atoms with Gasteiger partial charge in [-0.15, -0.1) is 0 Å². The number of nitrogens with one attached hydrogen (secondary N) is 1. The Morgan fingerprint density at radius 3 is 2.24 bits per heavy atom. The van der Waals surface area contributed by atoms with Crippen LogP contribution in [0.5, 0.6) is 5.75 Å². The van der Waals surface area contributed by atoms with Crippen molar-refractivity contribution < 1.29 is 31.1 Å². The molecule has 0 fully saturated rings. The average molecular weight is 430 g/mol. The summed E-state index contributed by atoms with van der Waals surface area (Å²) < 4.78 is 69.2. The number of rotatable bonds is 7. The summed E-state index contributed by atoms with van der Waals surface area (Å²) in [7, 11) is -1.06. The number of sulfonamides is 1. The molecule has 2 rings (SSSR count). The summed E-state index contributed by atoms with van der Waals surface area (Å²) in [6.45, 7) is 1.97. The molecule has 6 nitrogen and oxygen atoms in total. The topological polar surface area (TPSA) is 75.7 Å². The lowest BCUT2D eigenvalue weighted by atomic mass is 10.1. The van der Waals surface area contributed by atoms with Gasteiger partial charge in [0.05, 0.1) is 18.6 Å². The third-order valence-electron chi connectivity index (χ3n) is 3.93. The summed E-state index contributed by atoms with van der Waals surface area (Å²) in [5.41, 5.74) is -0.180. The van der Waals surface area contributed by atoms with Gasteiger partial charge in [-0.05, 0) is 42.8 Å². The van der Waals surface area contributed by atoms with Gasteiger partial charge in [0.2, 0.25) is 15.9 Å². The molecule has 0 heterocycles. The summed E-state index contributed by atoms with van der Waals surface area (Å²) in [4.78, 5) is 12.1. The fourth-order valence-corrected chi connectivity index (χ4v) is 3.51. The van der Waals surface area contributed by atoms with Gasteiger partial charge in [-0.2, -0.15) is 13.2 Å². The summed E-state index contributed by atoms with van der Waals surface area (Å²) in [5, 5.41) is 2.56. The molecule has 158 valence electrons. The Morgan fingerprint density at radius 2 is 1.72 bits per heavy atom. The number of carbonyl (C=O) groups is 1. The van der Waals surface area contributed by atoms with Crippen LogP contribution in [-0.4, -0.2) is 39.3 Å². The maximum Gasteiger partial charge on any atom is 0.416 e. The lowest BCUT2D eigenvalue weighted by Gasteiger charge is -2.16. The highest BCUT2D eigenvalue weighted by molar-refractivity contribution is 7.89. The second kappa shape index (κ2) is 8.83. The second-order valence-corrected chi connectivity index (χ2v) is 8.42. The number of hydrogen-bond acceptors (Lipinski definition) is 4. The number of carbonyl (C=O) groups excluding carboxylic acids is 1. The molecule has 0 spiro atoms. The first-order chi connectivity index (χ1) is 13.4. The molecule has 2 aromatic carbocycles. The smallest absolute Gasteiger partial charge is 0.416 e. The molecule has 0 bridgehead atoms. The minimum atomic E-state index is -4.45. The van der Waals surface area contributed by atoms with Crippen LogP contribution < -0.4 is 10.1 Å². The first-order valence-electron chi connectivity index (χ1n) is 8.60. The number of anilines is 1. The standard InChI is InChI=1S/C19H21F3N2O4S/c1-4-28-16-10-9-15(12-17(16)29(26,27)24(2)3)23-18(25)11-13-5-7-14(8-6-13)19(20,21)22/h5-10,12H,4,11H2,1-3H3,(H,23,25). The second-order valence-electron chi connectivity index (χ2n) is 6.30. The Morgan fingerprint density at radius 1 is 1.10 bits per heavy atom. The van der Waals surface area contributed by atoms with Crippen LogP contribution in [0.15, 0.2) is 47.4 Å². The first kappa shape index (κ1) is 22.7. The number of amides is 1. The van der Waals surface area contributed by atoms with Crippen LogP contribution in [0.25, 0.3) is 0 Å². The molecule has 0 aliphatic carbocycles. The van der Waals surface area contributed by atoms with Gasteiger partial charge in [0.1, 0.15) is 10.6 Å². The number of benzene rings is 2. The number of hydrogen-bond donors (Lipinski definition) is 1. The molecule has 0 saturated heterocycles. The average Bonchev–Trinajstić information content (AvgIpc) is 2.62.